The van der Waals surface area contributed by atoms with Crippen LogP contribution in [0, 0.1) is 6.92 Å². The molecule has 1 aliphatic rings. The fourth-order valence-electron chi connectivity index (χ4n) is 4.47. The van der Waals surface area contributed by atoms with Gasteiger partial charge in [0.15, 0.2) is 0 Å². The number of halogens is 1. The highest BCUT2D eigenvalue weighted by atomic mass is 35.5. The van der Waals surface area contributed by atoms with Crippen LogP contribution in [-0.2, 0) is 13.0 Å². The van der Waals surface area contributed by atoms with Gasteiger partial charge in [-0.15, -0.1) is 0 Å². The molecule has 0 unspecified atom stereocenters. The van der Waals surface area contributed by atoms with Gasteiger partial charge in [-0.05, 0) is 82.6 Å². The second kappa shape index (κ2) is 9.99. The van der Waals surface area contributed by atoms with Gasteiger partial charge in [-0.25, -0.2) is 4.98 Å². The van der Waals surface area contributed by atoms with Gasteiger partial charge in [-0.1, -0.05) is 11.6 Å². The quantitative estimate of drug-likeness (QED) is 0.375. The smallest absolute Gasteiger partial charge is 0.258 e. The highest BCUT2D eigenvalue weighted by Crippen LogP contribution is 2.18. The molecule has 0 N–H and O–H groups in total. The van der Waals surface area contributed by atoms with Crippen LogP contribution < -0.4 is 10.3 Å². The number of hydrogen-bond acceptors (Lipinski definition) is 5. The first-order valence-corrected chi connectivity index (χ1v) is 12.1. The molecule has 0 aromatic carbocycles. The van der Waals surface area contributed by atoms with Crippen molar-refractivity contribution >= 4 is 17.2 Å². The van der Waals surface area contributed by atoms with Crippen LogP contribution in [0.15, 0.2) is 59.8 Å². The van der Waals surface area contributed by atoms with Crippen molar-refractivity contribution in [3.63, 3.8) is 0 Å². The summed E-state index contributed by atoms with van der Waals surface area (Å²) in [5, 5.41) is 0.575. The van der Waals surface area contributed by atoms with E-state index >= 15 is 0 Å². The molecule has 0 aliphatic carbocycles. The highest BCUT2D eigenvalue weighted by Gasteiger charge is 2.13. The van der Waals surface area contributed by atoms with E-state index in [1.54, 1.807) is 35.2 Å². The van der Waals surface area contributed by atoms with E-state index in [4.69, 9.17) is 21.3 Å². The molecule has 7 nitrogen and oxygen atoms in total. The Morgan fingerprint density at radius 2 is 1.97 bits per heavy atom. The fraction of sp³-hybridized carbons (Fsp3) is 0.346. The van der Waals surface area contributed by atoms with Crippen molar-refractivity contribution < 1.29 is 4.74 Å². The Morgan fingerprint density at radius 3 is 2.74 bits per heavy atom. The van der Waals surface area contributed by atoms with Crippen molar-refractivity contribution in [1.29, 1.82) is 0 Å². The standard InChI is InChI=1S/C26H28ClN5O2/c1-19-24(5-4-13-30-11-2-3-12-30)29-25-9-8-22(17-32(19)25)31-14-10-23(15-26(31)33)34-18-21-7-6-20(27)16-28-21/h6-10,14-17H,2-5,11-13,18H2,1H3. The molecule has 1 aliphatic heterocycles. The summed E-state index contributed by atoms with van der Waals surface area (Å²) < 4.78 is 9.42. The summed E-state index contributed by atoms with van der Waals surface area (Å²) in [6, 6.07) is 10.7. The molecule has 5 heterocycles. The van der Waals surface area contributed by atoms with E-state index in [2.05, 4.69) is 21.2 Å². The molecule has 34 heavy (non-hydrogen) atoms. The van der Waals surface area contributed by atoms with Crippen molar-refractivity contribution in [2.24, 2.45) is 0 Å². The fourth-order valence-corrected chi connectivity index (χ4v) is 4.58. The predicted molar refractivity (Wildman–Crippen MR) is 133 cm³/mol. The van der Waals surface area contributed by atoms with Gasteiger partial charge in [0, 0.05) is 30.4 Å². The number of nitrogens with zero attached hydrogens (tertiary/aromatic N) is 5. The van der Waals surface area contributed by atoms with E-state index in [0.717, 1.165) is 47.8 Å². The summed E-state index contributed by atoms with van der Waals surface area (Å²) in [6.45, 7) is 5.95. The first-order chi connectivity index (χ1) is 16.6. The molecular formula is C26H28ClN5O2. The van der Waals surface area contributed by atoms with Crippen molar-refractivity contribution in [1.82, 2.24) is 23.8 Å². The lowest BCUT2D eigenvalue weighted by Crippen LogP contribution is -2.20. The lowest BCUT2D eigenvalue weighted by atomic mass is 10.2. The highest BCUT2D eigenvalue weighted by molar-refractivity contribution is 6.30. The molecule has 0 radical (unpaired) electrons. The summed E-state index contributed by atoms with van der Waals surface area (Å²) in [4.78, 5) is 24.4. The van der Waals surface area contributed by atoms with Gasteiger partial charge in [0.1, 0.15) is 18.0 Å². The Morgan fingerprint density at radius 1 is 1.12 bits per heavy atom. The number of rotatable bonds is 8. The monoisotopic (exact) mass is 477 g/mol. The number of pyridine rings is 3. The van der Waals surface area contributed by atoms with Gasteiger partial charge in [-0.2, -0.15) is 0 Å². The molecule has 5 rings (SSSR count). The zero-order valence-corrected chi connectivity index (χ0v) is 20.0. The molecule has 0 bridgehead atoms. The van der Waals surface area contributed by atoms with E-state index in [1.807, 2.05) is 18.3 Å². The largest absolute Gasteiger partial charge is 0.487 e. The number of fused-ring (bicyclic) bond motifs is 1. The lowest BCUT2D eigenvalue weighted by molar-refractivity contribution is 0.300. The Bertz CT molecular complexity index is 1340. The molecule has 0 atom stereocenters. The van der Waals surface area contributed by atoms with Crippen LogP contribution in [0.1, 0.15) is 36.3 Å². The van der Waals surface area contributed by atoms with Gasteiger partial charge >= 0.3 is 0 Å². The molecule has 8 heteroatoms. The van der Waals surface area contributed by atoms with Crippen LogP contribution in [-0.4, -0.2) is 43.5 Å². The summed E-state index contributed by atoms with van der Waals surface area (Å²) >= 11 is 5.86. The SMILES string of the molecule is Cc1c(CCCN2CCCC2)nc2ccc(-n3ccc(OCc4ccc(Cl)cn4)cc3=O)cn12. The molecule has 0 amide bonds. The van der Waals surface area contributed by atoms with Crippen LogP contribution in [0.25, 0.3) is 11.3 Å². The maximum Gasteiger partial charge on any atom is 0.258 e. The maximum absolute atomic E-state index is 12.8. The summed E-state index contributed by atoms with van der Waals surface area (Å²) in [5.41, 5.74) is 4.52. The number of imidazole rings is 1. The van der Waals surface area contributed by atoms with Gasteiger partial charge in [0.25, 0.3) is 5.56 Å². The summed E-state index contributed by atoms with van der Waals surface area (Å²) in [7, 11) is 0. The lowest BCUT2D eigenvalue weighted by Gasteiger charge is -2.13. The Balaban J connectivity index is 1.29. The second-order valence-electron chi connectivity index (χ2n) is 8.74. The van der Waals surface area contributed by atoms with Crippen molar-refractivity contribution in [3.8, 4) is 11.4 Å². The van der Waals surface area contributed by atoms with Crippen molar-refractivity contribution in [2.75, 3.05) is 19.6 Å². The molecule has 0 saturated carbocycles. The van der Waals surface area contributed by atoms with Crippen molar-refractivity contribution in [2.45, 2.75) is 39.2 Å². The minimum atomic E-state index is -0.162. The third kappa shape index (κ3) is 5.00. The third-order valence-corrected chi connectivity index (χ3v) is 6.59. The van der Waals surface area contributed by atoms with Crippen LogP contribution in [0.4, 0.5) is 0 Å². The number of aryl methyl sites for hydroxylation is 2. The number of likely N-dealkylation sites (tertiary alicyclic amines) is 1. The molecule has 1 saturated heterocycles. The summed E-state index contributed by atoms with van der Waals surface area (Å²) in [6.07, 6.45) is 10.0. The molecule has 4 aromatic rings. The Hall–Kier alpha value is -3.16. The molecule has 4 aromatic heterocycles. The zero-order chi connectivity index (χ0) is 23.5. The number of ether oxygens (including phenoxy) is 1. The van der Waals surface area contributed by atoms with Gasteiger partial charge in [0.05, 0.1) is 22.1 Å². The summed E-state index contributed by atoms with van der Waals surface area (Å²) in [5.74, 6) is 0.498. The first-order valence-electron chi connectivity index (χ1n) is 11.7. The van der Waals surface area contributed by atoms with Crippen LogP contribution in [0.2, 0.25) is 5.02 Å². The molecular weight excluding hydrogens is 450 g/mol. The van der Waals surface area contributed by atoms with E-state index in [-0.39, 0.29) is 12.2 Å². The van der Waals surface area contributed by atoms with Gasteiger partial charge in [-0.3, -0.25) is 14.3 Å². The minimum Gasteiger partial charge on any atom is -0.487 e. The molecule has 1 fully saturated rings. The molecule has 176 valence electrons. The third-order valence-electron chi connectivity index (χ3n) is 6.37. The second-order valence-corrected chi connectivity index (χ2v) is 9.18. The van der Waals surface area contributed by atoms with Crippen LogP contribution in [0.5, 0.6) is 5.75 Å². The van der Waals surface area contributed by atoms with E-state index in [9.17, 15) is 4.79 Å². The maximum atomic E-state index is 12.8. The zero-order valence-electron chi connectivity index (χ0n) is 19.3. The number of hydrogen-bond donors (Lipinski definition) is 0. The van der Waals surface area contributed by atoms with Gasteiger partial charge in [0.2, 0.25) is 0 Å². The van der Waals surface area contributed by atoms with E-state index in [0.29, 0.717) is 10.8 Å². The van der Waals surface area contributed by atoms with E-state index in [1.165, 1.54) is 32.0 Å². The normalized spacial score (nSPS) is 14.2. The Labute approximate surface area is 203 Å². The Kier molecular flexibility index (Phi) is 6.65. The first kappa shape index (κ1) is 22.6. The number of aromatic nitrogens is 4. The topological polar surface area (TPSA) is 64.7 Å². The average molecular weight is 478 g/mol. The van der Waals surface area contributed by atoms with Crippen LogP contribution in [0.3, 0.4) is 0 Å². The van der Waals surface area contributed by atoms with Gasteiger partial charge < -0.3 is 14.0 Å². The average Bonchev–Trinajstić information content (AvgIpc) is 3.47. The van der Waals surface area contributed by atoms with E-state index < -0.39 is 0 Å². The minimum absolute atomic E-state index is 0.162. The van der Waals surface area contributed by atoms with Crippen LogP contribution >= 0.6 is 11.6 Å². The predicted octanol–water partition coefficient (Wildman–Crippen LogP) is 4.45. The van der Waals surface area contributed by atoms with Crippen molar-refractivity contribution in [3.05, 3.63) is 87.4 Å². The molecule has 0 spiro atoms.